The van der Waals surface area contributed by atoms with Crippen molar-refractivity contribution in [2.75, 3.05) is 7.05 Å². The molecule has 3 aromatic heterocycles. The molecule has 0 bridgehead atoms. The van der Waals surface area contributed by atoms with Gasteiger partial charge in [-0.2, -0.15) is 0 Å². The van der Waals surface area contributed by atoms with Crippen molar-refractivity contribution in [2.45, 2.75) is 19.0 Å². The number of nitrogens with zero attached hydrogens (tertiary/aromatic N) is 4. The summed E-state index contributed by atoms with van der Waals surface area (Å²) in [5, 5.41) is 4.16. The highest BCUT2D eigenvalue weighted by Crippen LogP contribution is 2.38. The van der Waals surface area contributed by atoms with E-state index >= 15 is 0 Å². The molecular weight excluding hydrogens is 330 g/mol. The maximum atomic E-state index is 5.53. The largest absolute Gasteiger partial charge is 0.352 e. The van der Waals surface area contributed by atoms with Crippen LogP contribution in [0.3, 0.4) is 0 Å². The molecule has 1 aliphatic rings. The molecule has 25 heavy (non-hydrogen) atoms. The van der Waals surface area contributed by atoms with Crippen molar-refractivity contribution in [1.29, 1.82) is 0 Å². The van der Waals surface area contributed by atoms with E-state index in [0.717, 1.165) is 27.9 Å². The molecule has 0 amide bonds. The molecule has 1 aliphatic heterocycles. The summed E-state index contributed by atoms with van der Waals surface area (Å²) in [6.45, 7) is 2.10. The highest BCUT2D eigenvalue weighted by atomic mass is 32.1. The monoisotopic (exact) mass is 349 g/mol. The van der Waals surface area contributed by atoms with Crippen LogP contribution in [0.5, 0.6) is 0 Å². The van der Waals surface area contributed by atoms with Crippen LogP contribution in [0.25, 0.3) is 5.69 Å². The van der Waals surface area contributed by atoms with Crippen LogP contribution in [0.15, 0.2) is 61.1 Å². The van der Waals surface area contributed by atoms with Crippen molar-refractivity contribution in [3.8, 4) is 5.69 Å². The lowest BCUT2D eigenvalue weighted by Gasteiger charge is -2.26. The summed E-state index contributed by atoms with van der Waals surface area (Å²) in [7, 11) is 2.03. The molecule has 6 heteroatoms. The second-order valence-electron chi connectivity index (χ2n) is 6.18. The summed E-state index contributed by atoms with van der Waals surface area (Å²) in [6, 6.07) is 14.3. The first-order valence-corrected chi connectivity index (χ1v) is 8.60. The second kappa shape index (κ2) is 6.29. The number of likely N-dealkylation sites (N-methyl/N-ethyl adjacent to an activating group) is 1. The van der Waals surface area contributed by atoms with E-state index < -0.39 is 0 Å². The molecule has 2 atom stereocenters. The number of hydrogen-bond acceptors (Lipinski definition) is 3. The van der Waals surface area contributed by atoms with E-state index in [-0.39, 0.29) is 12.1 Å². The quantitative estimate of drug-likeness (QED) is 0.736. The first-order valence-electron chi connectivity index (χ1n) is 8.19. The summed E-state index contributed by atoms with van der Waals surface area (Å²) in [4.78, 5) is 10.9. The lowest BCUT2D eigenvalue weighted by atomic mass is 10.0. The minimum absolute atomic E-state index is 0.00317. The standard InChI is InChI=1S/C19H19N5S/c1-13-8-9-16(24(13)14-6-5-10-20-12-14)18-17(22-19(25)23(18)2)15-7-3-4-11-21-15/h3-12,17-18H,1-2H3,(H,22,25)/t17-,18+/m1/s1. The highest BCUT2D eigenvalue weighted by molar-refractivity contribution is 7.80. The van der Waals surface area contributed by atoms with E-state index in [9.17, 15) is 0 Å². The van der Waals surface area contributed by atoms with Crippen LogP contribution in [0.2, 0.25) is 0 Å². The molecule has 4 heterocycles. The molecule has 3 aromatic rings. The molecule has 0 unspecified atom stereocenters. The van der Waals surface area contributed by atoms with Crippen molar-refractivity contribution in [3.63, 3.8) is 0 Å². The van der Waals surface area contributed by atoms with Gasteiger partial charge in [0.25, 0.3) is 0 Å². The fourth-order valence-electron chi connectivity index (χ4n) is 3.46. The summed E-state index contributed by atoms with van der Waals surface area (Å²) >= 11 is 5.53. The van der Waals surface area contributed by atoms with Gasteiger partial charge < -0.3 is 14.8 Å². The Labute approximate surface area is 152 Å². The molecule has 0 aliphatic carbocycles. The van der Waals surface area contributed by atoms with Crippen molar-refractivity contribution in [3.05, 3.63) is 78.1 Å². The predicted octanol–water partition coefficient (Wildman–Crippen LogP) is 3.18. The normalized spacial score (nSPS) is 19.9. The van der Waals surface area contributed by atoms with Crippen LogP contribution >= 0.6 is 12.2 Å². The van der Waals surface area contributed by atoms with Crippen LogP contribution in [0.1, 0.15) is 29.2 Å². The molecule has 0 aromatic carbocycles. The molecule has 0 spiro atoms. The third-order valence-corrected chi connectivity index (χ3v) is 5.06. The van der Waals surface area contributed by atoms with Gasteiger partial charge in [0.05, 0.1) is 29.7 Å². The Kier molecular flexibility index (Phi) is 3.97. The molecule has 0 saturated carbocycles. The number of pyridine rings is 2. The van der Waals surface area contributed by atoms with Gasteiger partial charge in [0.1, 0.15) is 0 Å². The molecule has 4 rings (SSSR count). The lowest BCUT2D eigenvalue weighted by molar-refractivity contribution is 0.356. The van der Waals surface area contributed by atoms with E-state index in [0.29, 0.717) is 0 Å². The number of nitrogens with one attached hydrogen (secondary N) is 1. The van der Waals surface area contributed by atoms with E-state index in [2.05, 4.69) is 49.9 Å². The first kappa shape index (κ1) is 15.8. The number of aromatic nitrogens is 3. The Bertz CT molecular complexity index is 891. The zero-order valence-electron chi connectivity index (χ0n) is 14.1. The van der Waals surface area contributed by atoms with Crippen molar-refractivity contribution >= 4 is 17.3 Å². The highest BCUT2D eigenvalue weighted by Gasteiger charge is 2.39. The Morgan fingerprint density at radius 1 is 1.08 bits per heavy atom. The number of thiocarbonyl (C=S) groups is 1. The van der Waals surface area contributed by atoms with Gasteiger partial charge in [-0.25, -0.2) is 0 Å². The van der Waals surface area contributed by atoms with Crippen molar-refractivity contribution < 1.29 is 0 Å². The number of aryl methyl sites for hydroxylation is 1. The SMILES string of the molecule is Cc1ccc([C@H]2[C@@H](c3ccccn3)NC(=S)N2C)n1-c1cccnc1. The van der Waals surface area contributed by atoms with Gasteiger partial charge >= 0.3 is 0 Å². The minimum Gasteiger partial charge on any atom is -0.352 e. The Morgan fingerprint density at radius 3 is 2.68 bits per heavy atom. The van der Waals surface area contributed by atoms with Crippen LogP contribution in [-0.4, -0.2) is 31.6 Å². The van der Waals surface area contributed by atoms with E-state index in [4.69, 9.17) is 12.2 Å². The number of rotatable bonds is 3. The van der Waals surface area contributed by atoms with Gasteiger partial charge in [0.15, 0.2) is 5.11 Å². The Morgan fingerprint density at radius 2 is 1.96 bits per heavy atom. The van der Waals surface area contributed by atoms with Crippen LogP contribution < -0.4 is 5.32 Å². The Balaban J connectivity index is 1.84. The summed E-state index contributed by atoms with van der Waals surface area (Å²) < 4.78 is 2.24. The molecule has 1 N–H and O–H groups in total. The molecule has 5 nitrogen and oxygen atoms in total. The van der Waals surface area contributed by atoms with Gasteiger partial charge in [0.2, 0.25) is 0 Å². The van der Waals surface area contributed by atoms with E-state index in [1.165, 1.54) is 0 Å². The molecule has 126 valence electrons. The van der Waals surface area contributed by atoms with Gasteiger partial charge in [-0.1, -0.05) is 6.07 Å². The zero-order valence-corrected chi connectivity index (χ0v) is 14.9. The molecule has 1 fully saturated rings. The summed E-state index contributed by atoms with van der Waals surface area (Å²) in [5.41, 5.74) is 4.35. The van der Waals surface area contributed by atoms with Crippen LogP contribution in [0, 0.1) is 6.92 Å². The predicted molar refractivity (Wildman–Crippen MR) is 102 cm³/mol. The minimum atomic E-state index is 0.00317. The average molecular weight is 349 g/mol. The fourth-order valence-corrected chi connectivity index (χ4v) is 3.70. The molecule has 0 radical (unpaired) electrons. The second-order valence-corrected chi connectivity index (χ2v) is 6.57. The van der Waals surface area contributed by atoms with Crippen LogP contribution in [0.4, 0.5) is 0 Å². The van der Waals surface area contributed by atoms with Gasteiger partial charge in [-0.3, -0.25) is 9.97 Å². The average Bonchev–Trinajstić information content (AvgIpc) is 3.16. The third kappa shape index (κ3) is 2.68. The van der Waals surface area contributed by atoms with Crippen LogP contribution in [-0.2, 0) is 0 Å². The zero-order chi connectivity index (χ0) is 17.4. The summed E-state index contributed by atoms with van der Waals surface area (Å²) in [6.07, 6.45) is 5.49. The van der Waals surface area contributed by atoms with Crippen molar-refractivity contribution in [2.24, 2.45) is 0 Å². The third-order valence-electron chi connectivity index (χ3n) is 4.65. The lowest BCUT2D eigenvalue weighted by Crippen LogP contribution is -2.26. The molecule has 1 saturated heterocycles. The van der Waals surface area contributed by atoms with Crippen molar-refractivity contribution in [1.82, 2.24) is 24.8 Å². The van der Waals surface area contributed by atoms with E-state index in [1.54, 1.807) is 6.20 Å². The van der Waals surface area contributed by atoms with Gasteiger partial charge in [-0.15, -0.1) is 0 Å². The fraction of sp³-hybridized carbons (Fsp3) is 0.211. The first-order chi connectivity index (χ1) is 12.2. The van der Waals surface area contributed by atoms with Gasteiger partial charge in [0, 0.05) is 30.8 Å². The Hall–Kier alpha value is -2.73. The molecular formula is C19H19N5S. The topological polar surface area (TPSA) is 46.0 Å². The summed E-state index contributed by atoms with van der Waals surface area (Å²) in [5.74, 6) is 0. The maximum Gasteiger partial charge on any atom is 0.169 e. The van der Waals surface area contributed by atoms with Gasteiger partial charge in [-0.05, 0) is 55.5 Å². The number of hydrogen-bond donors (Lipinski definition) is 1. The smallest absolute Gasteiger partial charge is 0.169 e. The van der Waals surface area contributed by atoms with E-state index in [1.807, 2.05) is 43.7 Å². The maximum absolute atomic E-state index is 5.53.